The number of benzene rings is 4. The standard InChI is InChI=1S/2C21H25ClN2O3.C2H3N.2ClH/c2*1-2-27-20-10-6-4-8-17(20)21(25)23-15-19(24-11-13-26-14-12-24)16-7-3-5-9-18(16)22;1-2-3;;/h2*3-10,19H,2,11-15H2,1H3,(H,23,25);1H3;2*1H. The normalized spacial score (nSPS) is 14.7. The first kappa shape index (κ1) is 51.1. The number of carbonyl (C=O) groups is 2. The van der Waals surface area contributed by atoms with Gasteiger partial charge in [-0.2, -0.15) is 5.26 Å². The molecule has 4 aromatic carbocycles. The third-order valence-corrected chi connectivity index (χ3v) is 9.96. The van der Waals surface area contributed by atoms with Crippen LogP contribution in [0.5, 0.6) is 11.5 Å². The number of nitrogens with one attached hydrogen (secondary N) is 2. The molecule has 0 radical (unpaired) electrons. The number of nitrogens with zero attached hydrogens (tertiary/aromatic N) is 3. The summed E-state index contributed by atoms with van der Waals surface area (Å²) in [5.74, 6) is 0.894. The largest absolute Gasteiger partial charge is 0.493 e. The zero-order valence-electron chi connectivity index (χ0n) is 33.7. The van der Waals surface area contributed by atoms with Crippen molar-refractivity contribution >= 4 is 59.8 Å². The van der Waals surface area contributed by atoms with Crippen LogP contribution in [0.3, 0.4) is 0 Å². The van der Waals surface area contributed by atoms with Crippen molar-refractivity contribution in [3.63, 3.8) is 0 Å². The lowest BCUT2D eigenvalue weighted by Gasteiger charge is -2.35. The van der Waals surface area contributed by atoms with Crippen molar-refractivity contribution in [1.29, 1.82) is 5.26 Å². The molecule has 320 valence electrons. The maximum Gasteiger partial charge on any atom is 0.255 e. The SMILES string of the molecule is CC#N.CCOc1ccccc1C(=O)NCC(c1ccccc1Cl)N1CCOCC1.CCOc1ccccc1C(=O)NCC(c1ccccc1Cl)N1CCOCC1.Cl.Cl. The van der Waals surface area contributed by atoms with E-state index >= 15 is 0 Å². The van der Waals surface area contributed by atoms with Crippen molar-refractivity contribution in [1.82, 2.24) is 20.4 Å². The highest BCUT2D eigenvalue weighted by Gasteiger charge is 2.27. The molecule has 0 saturated carbocycles. The molecule has 2 unspecified atom stereocenters. The summed E-state index contributed by atoms with van der Waals surface area (Å²) in [7, 11) is 0. The van der Waals surface area contributed by atoms with Crippen molar-refractivity contribution in [3.8, 4) is 17.6 Å². The predicted molar refractivity (Wildman–Crippen MR) is 239 cm³/mol. The number of hydrogen-bond donors (Lipinski definition) is 2. The van der Waals surface area contributed by atoms with Gasteiger partial charge in [-0.25, -0.2) is 0 Å². The smallest absolute Gasteiger partial charge is 0.255 e. The third kappa shape index (κ3) is 15.8. The van der Waals surface area contributed by atoms with E-state index in [4.69, 9.17) is 47.4 Å². The van der Waals surface area contributed by atoms with Crippen LogP contribution in [-0.2, 0) is 9.47 Å². The van der Waals surface area contributed by atoms with Crippen LogP contribution in [0.25, 0.3) is 0 Å². The van der Waals surface area contributed by atoms with Gasteiger partial charge in [0.25, 0.3) is 11.8 Å². The zero-order valence-corrected chi connectivity index (χ0v) is 36.9. The topological polar surface area (TPSA) is 125 Å². The highest BCUT2D eigenvalue weighted by atomic mass is 35.5. The Morgan fingerprint density at radius 3 is 1.31 bits per heavy atom. The summed E-state index contributed by atoms with van der Waals surface area (Å²) in [5, 5.41) is 14.9. The highest BCUT2D eigenvalue weighted by Crippen LogP contribution is 2.30. The lowest BCUT2D eigenvalue weighted by Crippen LogP contribution is -2.44. The van der Waals surface area contributed by atoms with Gasteiger partial charge >= 0.3 is 0 Å². The van der Waals surface area contributed by atoms with Crippen LogP contribution >= 0.6 is 48.0 Å². The van der Waals surface area contributed by atoms with Crippen molar-refractivity contribution in [2.45, 2.75) is 32.9 Å². The van der Waals surface area contributed by atoms with Gasteiger partial charge in [0.15, 0.2) is 0 Å². The Labute approximate surface area is 371 Å². The maximum absolute atomic E-state index is 12.8. The number of hydrogen-bond acceptors (Lipinski definition) is 9. The molecule has 2 N–H and O–H groups in total. The van der Waals surface area contributed by atoms with Crippen molar-refractivity contribution in [2.75, 3.05) is 78.9 Å². The molecule has 0 spiro atoms. The van der Waals surface area contributed by atoms with E-state index in [9.17, 15) is 9.59 Å². The fourth-order valence-electron chi connectivity index (χ4n) is 6.58. The Balaban J connectivity index is 0.000000370. The average molecular weight is 892 g/mol. The lowest BCUT2D eigenvalue weighted by atomic mass is 10.0. The van der Waals surface area contributed by atoms with Gasteiger partial charge in [0, 0.05) is 56.2 Å². The van der Waals surface area contributed by atoms with Crippen LogP contribution in [0.15, 0.2) is 97.1 Å². The number of nitriles is 1. The van der Waals surface area contributed by atoms with Gasteiger partial charge in [-0.1, -0.05) is 83.9 Å². The summed E-state index contributed by atoms with van der Waals surface area (Å²) in [5.41, 5.74) is 3.11. The maximum atomic E-state index is 12.8. The number of halogens is 4. The number of para-hydroxylation sites is 2. The first-order valence-corrected chi connectivity index (χ1v) is 20.0. The summed E-state index contributed by atoms with van der Waals surface area (Å²) >= 11 is 12.9. The molecule has 15 heteroatoms. The van der Waals surface area contributed by atoms with E-state index in [2.05, 4.69) is 20.4 Å². The molecule has 2 amide bonds. The van der Waals surface area contributed by atoms with Gasteiger partial charge in [0.05, 0.1) is 68.9 Å². The van der Waals surface area contributed by atoms with Gasteiger partial charge in [-0.15, -0.1) is 24.8 Å². The van der Waals surface area contributed by atoms with Gasteiger partial charge < -0.3 is 29.6 Å². The third-order valence-electron chi connectivity index (χ3n) is 9.28. The number of carbonyl (C=O) groups excluding carboxylic acids is 2. The molecule has 2 atom stereocenters. The predicted octanol–water partition coefficient (Wildman–Crippen LogP) is 8.46. The summed E-state index contributed by atoms with van der Waals surface area (Å²) in [4.78, 5) is 30.2. The monoisotopic (exact) mass is 889 g/mol. The molecule has 2 heterocycles. The van der Waals surface area contributed by atoms with Gasteiger partial charge in [-0.3, -0.25) is 19.4 Å². The Hall–Kier alpha value is -4.09. The van der Waals surface area contributed by atoms with E-state index in [0.29, 0.717) is 85.4 Å². The average Bonchev–Trinajstić information content (AvgIpc) is 3.24. The molecular weight excluding hydrogens is 836 g/mol. The Bertz CT molecular complexity index is 1760. The second-order valence-corrected chi connectivity index (χ2v) is 13.7. The lowest BCUT2D eigenvalue weighted by molar-refractivity contribution is 0.0161. The van der Waals surface area contributed by atoms with Crippen molar-refractivity contribution in [3.05, 3.63) is 129 Å². The van der Waals surface area contributed by atoms with Crippen LogP contribution < -0.4 is 20.1 Å². The molecular formula is C44H55Cl4N5O6. The van der Waals surface area contributed by atoms with E-state index in [-0.39, 0.29) is 48.7 Å². The Kier molecular flexibility index (Phi) is 24.6. The van der Waals surface area contributed by atoms with Crippen molar-refractivity contribution < 1.29 is 28.5 Å². The molecule has 0 aromatic heterocycles. The van der Waals surface area contributed by atoms with E-state index in [1.165, 1.54) is 6.92 Å². The molecule has 2 aliphatic heterocycles. The number of rotatable bonds is 14. The number of morpholine rings is 2. The fraction of sp³-hybridized carbons (Fsp3) is 0.386. The summed E-state index contributed by atoms with van der Waals surface area (Å²) in [6, 6.07) is 31.9. The van der Waals surface area contributed by atoms with E-state index in [1.807, 2.05) is 98.8 Å². The fourth-order valence-corrected chi connectivity index (χ4v) is 7.10. The molecule has 2 fully saturated rings. The number of ether oxygens (including phenoxy) is 4. The molecule has 59 heavy (non-hydrogen) atoms. The molecule has 2 aliphatic rings. The van der Waals surface area contributed by atoms with Crippen LogP contribution in [0.4, 0.5) is 0 Å². The summed E-state index contributed by atoms with van der Waals surface area (Å²) < 4.78 is 22.1. The molecule has 11 nitrogen and oxygen atoms in total. The molecule has 0 aliphatic carbocycles. The minimum atomic E-state index is -0.149. The van der Waals surface area contributed by atoms with Gasteiger partial charge in [-0.05, 0) is 61.4 Å². The van der Waals surface area contributed by atoms with Crippen LogP contribution in [0.2, 0.25) is 10.0 Å². The highest BCUT2D eigenvalue weighted by molar-refractivity contribution is 6.31. The van der Waals surface area contributed by atoms with E-state index in [1.54, 1.807) is 18.2 Å². The second kappa shape index (κ2) is 28.4. The van der Waals surface area contributed by atoms with E-state index < -0.39 is 0 Å². The molecule has 6 rings (SSSR count). The zero-order chi connectivity index (χ0) is 40.8. The quantitative estimate of drug-likeness (QED) is 0.128. The molecule has 4 aromatic rings. The van der Waals surface area contributed by atoms with Gasteiger partial charge in [0.2, 0.25) is 0 Å². The Morgan fingerprint density at radius 1 is 0.644 bits per heavy atom. The van der Waals surface area contributed by atoms with E-state index in [0.717, 1.165) is 37.3 Å². The summed E-state index contributed by atoms with van der Waals surface area (Å²) in [6.07, 6.45) is 0. The van der Waals surface area contributed by atoms with Crippen molar-refractivity contribution in [2.24, 2.45) is 0 Å². The first-order valence-electron chi connectivity index (χ1n) is 19.3. The molecule has 0 bridgehead atoms. The van der Waals surface area contributed by atoms with Crippen LogP contribution in [-0.4, -0.2) is 101 Å². The number of amides is 2. The Morgan fingerprint density at radius 2 is 0.966 bits per heavy atom. The first-order chi connectivity index (χ1) is 27.8. The minimum Gasteiger partial charge on any atom is -0.493 e. The summed E-state index contributed by atoms with van der Waals surface area (Å²) in [6.45, 7) is 13.1. The molecule has 2 saturated heterocycles. The second-order valence-electron chi connectivity index (χ2n) is 12.9. The van der Waals surface area contributed by atoms with Gasteiger partial charge in [0.1, 0.15) is 11.5 Å². The minimum absolute atomic E-state index is 0. The van der Waals surface area contributed by atoms with Crippen LogP contribution in [0.1, 0.15) is 64.7 Å². The van der Waals surface area contributed by atoms with Crippen LogP contribution in [0, 0.1) is 11.3 Å².